The van der Waals surface area contributed by atoms with E-state index < -0.39 is 5.97 Å². The third-order valence-corrected chi connectivity index (χ3v) is 2.34. The maximum Gasteiger partial charge on any atom is 0.328 e. The summed E-state index contributed by atoms with van der Waals surface area (Å²) in [6.07, 6.45) is 2.75. The predicted octanol–water partition coefficient (Wildman–Crippen LogP) is 2.29. The van der Waals surface area contributed by atoms with Gasteiger partial charge in [-0.3, -0.25) is 0 Å². The van der Waals surface area contributed by atoms with Gasteiger partial charge in [-0.15, -0.1) is 0 Å². The van der Waals surface area contributed by atoms with Crippen molar-refractivity contribution in [2.45, 2.75) is 19.9 Å². The molecule has 0 fully saturated rings. The maximum absolute atomic E-state index is 10.2. The lowest BCUT2D eigenvalue weighted by molar-refractivity contribution is -0.131. The number of carboxylic acid groups (broad SMARTS) is 1. The maximum atomic E-state index is 10.2. The van der Waals surface area contributed by atoms with Gasteiger partial charge in [-0.25, -0.2) is 4.79 Å². The van der Waals surface area contributed by atoms with E-state index in [1.54, 1.807) is 6.08 Å². The highest BCUT2D eigenvalue weighted by atomic mass is 16.4. The zero-order valence-electron chi connectivity index (χ0n) is 9.60. The van der Waals surface area contributed by atoms with E-state index in [0.29, 0.717) is 6.54 Å². The Morgan fingerprint density at radius 1 is 1.56 bits per heavy atom. The molecular formula is C13H17NO2. The second-order valence-electron chi connectivity index (χ2n) is 3.78. The molecule has 1 aromatic rings. The van der Waals surface area contributed by atoms with E-state index in [-0.39, 0.29) is 6.04 Å². The minimum Gasteiger partial charge on any atom is -0.478 e. The Balaban J connectivity index is 2.46. The van der Waals surface area contributed by atoms with Gasteiger partial charge in [0, 0.05) is 18.7 Å². The van der Waals surface area contributed by atoms with E-state index in [1.165, 1.54) is 11.1 Å². The first-order chi connectivity index (χ1) is 7.59. The Kier molecular flexibility index (Phi) is 4.73. The predicted molar refractivity (Wildman–Crippen MR) is 64.4 cm³/mol. The average Bonchev–Trinajstić information content (AvgIpc) is 2.24. The molecule has 1 rings (SSSR count). The van der Waals surface area contributed by atoms with Gasteiger partial charge in [0.2, 0.25) is 0 Å². The van der Waals surface area contributed by atoms with Crippen LogP contribution in [0.1, 0.15) is 24.1 Å². The molecule has 0 aliphatic rings. The zero-order chi connectivity index (χ0) is 12.0. The second-order valence-corrected chi connectivity index (χ2v) is 3.78. The lowest BCUT2D eigenvalue weighted by Gasteiger charge is -2.13. The molecule has 0 aromatic heterocycles. The van der Waals surface area contributed by atoms with Crippen molar-refractivity contribution in [2.24, 2.45) is 0 Å². The van der Waals surface area contributed by atoms with E-state index in [1.807, 2.05) is 6.07 Å². The monoisotopic (exact) mass is 219 g/mol. The van der Waals surface area contributed by atoms with Gasteiger partial charge < -0.3 is 10.4 Å². The summed E-state index contributed by atoms with van der Waals surface area (Å²) in [7, 11) is 0. The molecule has 16 heavy (non-hydrogen) atoms. The Hall–Kier alpha value is -1.61. The molecule has 0 heterocycles. The number of benzene rings is 1. The van der Waals surface area contributed by atoms with Gasteiger partial charge >= 0.3 is 5.97 Å². The summed E-state index contributed by atoms with van der Waals surface area (Å²) in [6.45, 7) is 4.67. The second kappa shape index (κ2) is 6.08. The smallest absolute Gasteiger partial charge is 0.328 e. The van der Waals surface area contributed by atoms with Crippen molar-refractivity contribution < 1.29 is 9.90 Å². The molecule has 0 amide bonds. The standard InChI is InChI=1S/C13H17NO2/c1-10-5-3-6-12(9-10)11(2)14-8-4-7-13(15)16/h3-7,9,11,14H,8H2,1-2H3,(H,15,16)/b7-4+/t11-/m1/s1. The van der Waals surface area contributed by atoms with Crippen LogP contribution in [0, 0.1) is 6.92 Å². The molecule has 0 aliphatic heterocycles. The average molecular weight is 219 g/mol. The van der Waals surface area contributed by atoms with Crippen LogP contribution >= 0.6 is 0 Å². The molecule has 0 bridgehead atoms. The molecular weight excluding hydrogens is 202 g/mol. The van der Waals surface area contributed by atoms with Crippen molar-refractivity contribution in [3.8, 4) is 0 Å². The minimum absolute atomic E-state index is 0.221. The molecule has 3 heteroatoms. The highest BCUT2D eigenvalue weighted by molar-refractivity contribution is 5.79. The van der Waals surface area contributed by atoms with Gasteiger partial charge in [0.15, 0.2) is 0 Å². The van der Waals surface area contributed by atoms with Gasteiger partial charge in [0.1, 0.15) is 0 Å². The molecule has 1 atom stereocenters. The lowest BCUT2D eigenvalue weighted by atomic mass is 10.1. The van der Waals surface area contributed by atoms with Gasteiger partial charge in [0.05, 0.1) is 0 Å². The van der Waals surface area contributed by atoms with Crippen LogP contribution in [0.2, 0.25) is 0 Å². The summed E-state index contributed by atoms with van der Waals surface area (Å²) in [5.74, 6) is -0.912. The van der Waals surface area contributed by atoms with Crippen molar-refractivity contribution in [1.82, 2.24) is 5.32 Å². The number of hydrogen-bond acceptors (Lipinski definition) is 2. The third-order valence-electron chi connectivity index (χ3n) is 2.34. The molecule has 1 aromatic carbocycles. The van der Waals surface area contributed by atoms with E-state index in [9.17, 15) is 4.79 Å². The van der Waals surface area contributed by atoms with E-state index >= 15 is 0 Å². The van der Waals surface area contributed by atoms with Crippen molar-refractivity contribution in [2.75, 3.05) is 6.54 Å². The van der Waals surface area contributed by atoms with Gasteiger partial charge in [0.25, 0.3) is 0 Å². The van der Waals surface area contributed by atoms with Crippen molar-refractivity contribution >= 4 is 5.97 Å². The van der Waals surface area contributed by atoms with Gasteiger partial charge in [-0.1, -0.05) is 35.9 Å². The van der Waals surface area contributed by atoms with Crippen LogP contribution in [-0.2, 0) is 4.79 Å². The van der Waals surface area contributed by atoms with Gasteiger partial charge in [-0.2, -0.15) is 0 Å². The Morgan fingerprint density at radius 2 is 2.31 bits per heavy atom. The number of aryl methyl sites for hydroxylation is 1. The van der Waals surface area contributed by atoms with E-state index in [4.69, 9.17) is 5.11 Å². The largest absolute Gasteiger partial charge is 0.478 e. The minimum atomic E-state index is -0.912. The summed E-state index contributed by atoms with van der Waals surface area (Å²) < 4.78 is 0. The zero-order valence-corrected chi connectivity index (χ0v) is 9.60. The third kappa shape index (κ3) is 4.28. The summed E-state index contributed by atoms with van der Waals surface area (Å²) in [5.41, 5.74) is 2.44. The molecule has 0 unspecified atom stereocenters. The first-order valence-corrected chi connectivity index (χ1v) is 5.29. The Labute approximate surface area is 95.8 Å². The van der Waals surface area contributed by atoms with Crippen molar-refractivity contribution in [1.29, 1.82) is 0 Å². The number of nitrogens with one attached hydrogen (secondary N) is 1. The van der Waals surface area contributed by atoms with Crippen LogP contribution in [0.5, 0.6) is 0 Å². The summed E-state index contributed by atoms with van der Waals surface area (Å²) >= 11 is 0. The van der Waals surface area contributed by atoms with E-state index in [0.717, 1.165) is 6.08 Å². The summed E-state index contributed by atoms with van der Waals surface area (Å²) in [6, 6.07) is 8.49. The lowest BCUT2D eigenvalue weighted by Crippen LogP contribution is -2.18. The van der Waals surface area contributed by atoms with Crippen LogP contribution in [0.15, 0.2) is 36.4 Å². The highest BCUT2D eigenvalue weighted by Crippen LogP contribution is 2.13. The van der Waals surface area contributed by atoms with E-state index in [2.05, 4.69) is 37.4 Å². The molecule has 0 saturated carbocycles. The fraction of sp³-hybridized carbons (Fsp3) is 0.308. The molecule has 0 radical (unpaired) electrons. The molecule has 3 nitrogen and oxygen atoms in total. The molecule has 0 aliphatic carbocycles. The first kappa shape index (κ1) is 12.5. The van der Waals surface area contributed by atoms with Crippen LogP contribution in [0.4, 0.5) is 0 Å². The van der Waals surface area contributed by atoms with Crippen molar-refractivity contribution in [3.05, 3.63) is 47.5 Å². The number of aliphatic carboxylic acids is 1. The Morgan fingerprint density at radius 3 is 2.94 bits per heavy atom. The van der Waals surface area contributed by atoms with Crippen LogP contribution in [-0.4, -0.2) is 17.6 Å². The highest BCUT2D eigenvalue weighted by Gasteiger charge is 2.02. The fourth-order valence-electron chi connectivity index (χ4n) is 1.46. The van der Waals surface area contributed by atoms with Crippen LogP contribution in [0.3, 0.4) is 0 Å². The number of carbonyl (C=O) groups is 1. The quantitative estimate of drug-likeness (QED) is 0.747. The molecule has 0 spiro atoms. The first-order valence-electron chi connectivity index (χ1n) is 5.29. The van der Waals surface area contributed by atoms with Crippen LogP contribution < -0.4 is 5.32 Å². The fourth-order valence-corrected chi connectivity index (χ4v) is 1.46. The normalized spacial score (nSPS) is 12.9. The molecule has 86 valence electrons. The van der Waals surface area contributed by atoms with Crippen molar-refractivity contribution in [3.63, 3.8) is 0 Å². The summed E-state index contributed by atoms with van der Waals surface area (Å²) in [4.78, 5) is 10.2. The van der Waals surface area contributed by atoms with Crippen LogP contribution in [0.25, 0.3) is 0 Å². The Bertz CT molecular complexity index is 385. The SMILES string of the molecule is Cc1cccc([C@@H](C)NC/C=C/C(=O)O)c1. The topological polar surface area (TPSA) is 49.3 Å². The number of rotatable bonds is 5. The number of hydrogen-bond donors (Lipinski definition) is 2. The molecule has 0 saturated heterocycles. The molecule has 2 N–H and O–H groups in total. The number of carboxylic acids is 1. The van der Waals surface area contributed by atoms with Gasteiger partial charge in [-0.05, 0) is 19.4 Å². The summed E-state index contributed by atoms with van der Waals surface area (Å²) in [5, 5.41) is 11.6.